The van der Waals surface area contributed by atoms with Crippen molar-refractivity contribution < 1.29 is 22.4 Å². The lowest BCUT2D eigenvalue weighted by molar-refractivity contribution is 0.392. The molecule has 0 amide bonds. The average Bonchev–Trinajstić information content (AvgIpc) is 2.86. The van der Waals surface area contributed by atoms with Gasteiger partial charge in [0.25, 0.3) is 10.1 Å². The second-order valence-electron chi connectivity index (χ2n) is 5.05. The van der Waals surface area contributed by atoms with Crippen molar-refractivity contribution in [3.8, 4) is 11.5 Å². The van der Waals surface area contributed by atoms with Gasteiger partial charge in [0, 0.05) is 17.2 Å². The molecule has 0 fully saturated rings. The van der Waals surface area contributed by atoms with Gasteiger partial charge in [-0.25, -0.2) is 0 Å². The Bertz CT molecular complexity index is 600. The first-order valence-corrected chi connectivity index (χ1v) is 8.49. The van der Waals surface area contributed by atoms with Gasteiger partial charge in [-0.3, -0.25) is 4.55 Å². The van der Waals surface area contributed by atoms with E-state index >= 15 is 0 Å². The van der Waals surface area contributed by atoms with E-state index in [9.17, 15) is 8.42 Å². The molecule has 0 aromatic heterocycles. The van der Waals surface area contributed by atoms with E-state index in [1.807, 2.05) is 12.1 Å². The van der Waals surface area contributed by atoms with Crippen LogP contribution < -0.4 is 14.8 Å². The maximum Gasteiger partial charge on any atom is 0.264 e. The van der Waals surface area contributed by atoms with Gasteiger partial charge in [0.15, 0.2) is 0 Å². The molecule has 0 aliphatic heterocycles. The summed E-state index contributed by atoms with van der Waals surface area (Å²) in [7, 11) is -0.606. The molecule has 0 heterocycles. The van der Waals surface area contributed by atoms with E-state index in [0.717, 1.165) is 35.5 Å². The number of methoxy groups -OCH3 is 2. The third-order valence-electron chi connectivity index (χ3n) is 3.72. The highest BCUT2D eigenvalue weighted by Gasteiger charge is 2.28. The van der Waals surface area contributed by atoms with Crippen LogP contribution in [0.5, 0.6) is 11.5 Å². The molecule has 0 spiro atoms. The predicted octanol–water partition coefficient (Wildman–Crippen LogP) is 1.56. The van der Waals surface area contributed by atoms with Gasteiger partial charge in [-0.2, -0.15) is 8.42 Å². The molecule has 1 aliphatic carbocycles. The van der Waals surface area contributed by atoms with Crippen molar-refractivity contribution in [3.63, 3.8) is 0 Å². The molecule has 1 unspecified atom stereocenters. The molecular formula is C14H21NO5S. The molecule has 0 radical (unpaired) electrons. The van der Waals surface area contributed by atoms with Gasteiger partial charge < -0.3 is 14.8 Å². The van der Waals surface area contributed by atoms with Crippen molar-refractivity contribution in [2.24, 2.45) is 0 Å². The van der Waals surface area contributed by atoms with Gasteiger partial charge in [0.1, 0.15) is 11.5 Å². The molecule has 21 heavy (non-hydrogen) atoms. The average molecular weight is 315 g/mol. The molecule has 0 saturated carbocycles. The Hall–Kier alpha value is -1.31. The lowest BCUT2D eigenvalue weighted by Crippen LogP contribution is -2.22. The minimum atomic E-state index is -3.89. The topological polar surface area (TPSA) is 84.9 Å². The van der Waals surface area contributed by atoms with E-state index in [1.165, 1.54) is 0 Å². The zero-order valence-corrected chi connectivity index (χ0v) is 13.1. The molecule has 7 heteroatoms. The zero-order valence-electron chi connectivity index (χ0n) is 12.3. The summed E-state index contributed by atoms with van der Waals surface area (Å²) in [6.45, 7) is 0.518. The van der Waals surface area contributed by atoms with Crippen LogP contribution in [0.2, 0.25) is 0 Å². The van der Waals surface area contributed by atoms with E-state index in [0.29, 0.717) is 13.0 Å². The molecule has 2 N–H and O–H groups in total. The summed E-state index contributed by atoms with van der Waals surface area (Å²) in [4.78, 5) is 0. The van der Waals surface area contributed by atoms with E-state index in [1.54, 1.807) is 14.2 Å². The van der Waals surface area contributed by atoms with Crippen LogP contribution in [0.3, 0.4) is 0 Å². The quantitative estimate of drug-likeness (QED) is 0.587. The normalized spacial score (nSPS) is 17.6. The van der Waals surface area contributed by atoms with Gasteiger partial charge in [-0.05, 0) is 37.9 Å². The third-order valence-corrected chi connectivity index (χ3v) is 4.52. The summed E-state index contributed by atoms with van der Waals surface area (Å²) in [5.41, 5.74) is 2.23. The zero-order chi connectivity index (χ0) is 15.5. The van der Waals surface area contributed by atoms with E-state index < -0.39 is 10.1 Å². The van der Waals surface area contributed by atoms with Crippen molar-refractivity contribution in [1.82, 2.24) is 5.32 Å². The van der Waals surface area contributed by atoms with E-state index in [-0.39, 0.29) is 11.8 Å². The van der Waals surface area contributed by atoms with E-state index in [2.05, 4.69) is 5.32 Å². The van der Waals surface area contributed by atoms with Gasteiger partial charge in [0.2, 0.25) is 0 Å². The number of nitrogens with one attached hydrogen (secondary N) is 1. The van der Waals surface area contributed by atoms with Crippen molar-refractivity contribution in [2.75, 3.05) is 26.5 Å². The van der Waals surface area contributed by atoms with Crippen LogP contribution in [0.1, 0.15) is 30.0 Å². The Labute approximate surface area is 125 Å². The fraction of sp³-hybridized carbons (Fsp3) is 0.571. The minimum Gasteiger partial charge on any atom is -0.496 e. The predicted molar refractivity (Wildman–Crippen MR) is 79.6 cm³/mol. The van der Waals surface area contributed by atoms with Crippen LogP contribution in [0.25, 0.3) is 0 Å². The fourth-order valence-electron chi connectivity index (χ4n) is 2.80. The fourth-order valence-corrected chi connectivity index (χ4v) is 3.31. The largest absolute Gasteiger partial charge is 0.496 e. The number of ether oxygens (including phenoxy) is 2. The summed E-state index contributed by atoms with van der Waals surface area (Å²) >= 11 is 0. The first kappa shape index (κ1) is 16.1. The second-order valence-corrected chi connectivity index (χ2v) is 6.62. The van der Waals surface area contributed by atoms with Gasteiger partial charge in [0.05, 0.1) is 20.0 Å². The maximum atomic E-state index is 10.7. The number of fused-ring (bicyclic) bond motifs is 1. The molecule has 118 valence electrons. The van der Waals surface area contributed by atoms with E-state index in [4.69, 9.17) is 14.0 Å². The standard InChI is InChI=1S/C14H21NO5S/c1-19-12-6-7-13(20-2)14-10(12)4-5-11(14)15-8-3-9-21(16,17)18/h6-7,11,15H,3-5,8-9H2,1-2H3,(H,16,17,18). The number of hydrogen-bond donors (Lipinski definition) is 2. The molecule has 1 atom stereocenters. The maximum absolute atomic E-state index is 10.7. The molecule has 1 aliphatic rings. The van der Waals surface area contributed by atoms with Crippen molar-refractivity contribution >= 4 is 10.1 Å². The number of benzene rings is 1. The molecule has 1 aromatic rings. The summed E-state index contributed by atoms with van der Waals surface area (Å²) in [5, 5.41) is 3.33. The van der Waals surface area contributed by atoms with Crippen molar-refractivity contribution in [1.29, 1.82) is 0 Å². The summed E-state index contributed by atoms with van der Waals surface area (Å²) in [6.07, 6.45) is 2.18. The molecule has 1 aromatic carbocycles. The lowest BCUT2D eigenvalue weighted by atomic mass is 10.1. The molecule has 0 saturated heterocycles. The Morgan fingerprint density at radius 2 is 1.95 bits per heavy atom. The van der Waals surface area contributed by atoms with Crippen LogP contribution in [0, 0.1) is 0 Å². The van der Waals surface area contributed by atoms with Crippen LogP contribution in [-0.4, -0.2) is 39.5 Å². The Balaban J connectivity index is 2.06. The minimum absolute atomic E-state index is 0.117. The molecular weight excluding hydrogens is 294 g/mol. The number of hydrogen-bond acceptors (Lipinski definition) is 5. The Morgan fingerprint density at radius 3 is 2.57 bits per heavy atom. The SMILES string of the molecule is COc1ccc(OC)c2c1CCC2NCCCS(=O)(=O)O. The summed E-state index contributed by atoms with van der Waals surface area (Å²) in [6, 6.07) is 3.90. The van der Waals surface area contributed by atoms with Crippen molar-refractivity contribution in [2.45, 2.75) is 25.3 Å². The highest BCUT2D eigenvalue weighted by atomic mass is 32.2. The smallest absolute Gasteiger partial charge is 0.264 e. The third kappa shape index (κ3) is 3.87. The van der Waals surface area contributed by atoms with Gasteiger partial charge in [-0.15, -0.1) is 0 Å². The molecule has 6 nitrogen and oxygen atoms in total. The summed E-state index contributed by atoms with van der Waals surface area (Å²) in [5.74, 6) is 1.44. The lowest BCUT2D eigenvalue weighted by Gasteiger charge is -2.17. The Kier molecular flexibility index (Phi) is 5.08. The van der Waals surface area contributed by atoms with Crippen LogP contribution >= 0.6 is 0 Å². The van der Waals surface area contributed by atoms with Crippen molar-refractivity contribution in [3.05, 3.63) is 23.3 Å². The summed E-state index contributed by atoms with van der Waals surface area (Å²) < 4.78 is 40.9. The molecule has 2 rings (SSSR count). The van der Waals surface area contributed by atoms with Gasteiger partial charge >= 0.3 is 0 Å². The highest BCUT2D eigenvalue weighted by Crippen LogP contribution is 2.42. The van der Waals surface area contributed by atoms with Crippen LogP contribution in [0.15, 0.2) is 12.1 Å². The first-order chi connectivity index (χ1) is 9.96. The first-order valence-electron chi connectivity index (χ1n) is 6.88. The van der Waals surface area contributed by atoms with Crippen LogP contribution in [0.4, 0.5) is 0 Å². The molecule has 0 bridgehead atoms. The Morgan fingerprint density at radius 1 is 1.29 bits per heavy atom. The highest BCUT2D eigenvalue weighted by molar-refractivity contribution is 7.85. The second kappa shape index (κ2) is 6.64. The van der Waals surface area contributed by atoms with Crippen LogP contribution in [-0.2, 0) is 16.5 Å². The number of rotatable bonds is 7. The van der Waals surface area contributed by atoms with Gasteiger partial charge in [-0.1, -0.05) is 0 Å². The monoisotopic (exact) mass is 315 g/mol.